The van der Waals surface area contributed by atoms with Gasteiger partial charge >= 0.3 is 18.9 Å². The molecule has 0 aliphatic carbocycles. The van der Waals surface area contributed by atoms with E-state index < -0.39 is 7.94 Å². The van der Waals surface area contributed by atoms with E-state index in [1.54, 1.807) is 5.19 Å². The van der Waals surface area contributed by atoms with E-state index in [4.69, 9.17) is 0 Å². The predicted molar refractivity (Wildman–Crippen MR) is 80.8 cm³/mol. The van der Waals surface area contributed by atoms with E-state index in [2.05, 4.69) is 64.2 Å². The van der Waals surface area contributed by atoms with Crippen LogP contribution < -0.4 is 24.0 Å². The third kappa shape index (κ3) is 3.11. The molecule has 1 aromatic rings. The molecule has 0 spiro atoms. The van der Waals surface area contributed by atoms with Crippen LogP contribution in [-0.4, -0.2) is 13.7 Å². The summed E-state index contributed by atoms with van der Waals surface area (Å²) in [6, 6.07) is 11.2. The van der Waals surface area contributed by atoms with Crippen molar-refractivity contribution in [3.05, 3.63) is 30.3 Å². The fourth-order valence-corrected chi connectivity index (χ4v) is 8.44. The minimum atomic E-state index is -1.30. The van der Waals surface area contributed by atoms with Crippen LogP contribution >= 0.6 is 0 Å². The monoisotopic (exact) mass is 240 g/mol. The second-order valence-corrected chi connectivity index (χ2v) is 11.0. The van der Waals surface area contributed by atoms with Crippen LogP contribution in [-0.2, 0) is 0 Å². The van der Waals surface area contributed by atoms with E-state index in [1.807, 2.05) is 0 Å². The molecular weight excluding hydrogens is 214 g/mol. The molecule has 17 heavy (non-hydrogen) atoms. The molecule has 0 aliphatic heterocycles. The zero-order valence-electron chi connectivity index (χ0n) is 12.6. The van der Waals surface area contributed by atoms with Crippen LogP contribution in [0.4, 0.5) is 0 Å². The number of rotatable bonds is 5. The molecule has 90 valence electrons. The van der Waals surface area contributed by atoms with Crippen LogP contribution in [0, 0.1) is 0 Å². The summed E-state index contributed by atoms with van der Waals surface area (Å²) in [5.74, 6) is 0. The van der Waals surface area contributed by atoms with Gasteiger partial charge in [-0.1, -0.05) is 77.3 Å². The maximum absolute atomic E-state index is 2.57. The van der Waals surface area contributed by atoms with Crippen LogP contribution in [0.15, 0.2) is 30.3 Å². The first-order valence-corrected chi connectivity index (χ1v) is 9.87. The first kappa shape index (κ1) is 17.1. The summed E-state index contributed by atoms with van der Waals surface area (Å²) in [4.78, 5) is 0. The van der Waals surface area contributed by atoms with Gasteiger partial charge in [0.05, 0.1) is 0 Å². The number of hydrogen-bond acceptors (Lipinski definition) is 0. The Balaban J connectivity index is 0.00000256. The minimum Gasteiger partial charge on any atom is -0.182 e. The van der Waals surface area contributed by atoms with Crippen molar-refractivity contribution in [3.8, 4) is 0 Å². The van der Waals surface area contributed by atoms with Crippen molar-refractivity contribution in [2.24, 2.45) is 0 Å². The molecule has 0 N–H and O–H groups in total. The van der Waals surface area contributed by atoms with E-state index >= 15 is 0 Å². The van der Waals surface area contributed by atoms with E-state index in [0.29, 0.717) is 0 Å². The topological polar surface area (TPSA) is 0 Å². The third-order valence-electron chi connectivity index (χ3n) is 5.39. The molecule has 0 aliphatic rings. The second-order valence-electron chi connectivity index (χ2n) is 5.79. The van der Waals surface area contributed by atoms with Crippen LogP contribution in [0.1, 0.15) is 20.8 Å². The van der Waals surface area contributed by atoms with Gasteiger partial charge in [0.1, 0.15) is 0 Å². The van der Waals surface area contributed by atoms with Crippen molar-refractivity contribution in [3.63, 3.8) is 0 Å². The Bertz CT molecular complexity index is 312. The summed E-state index contributed by atoms with van der Waals surface area (Å²) in [6.45, 7) is 12.3. The van der Waals surface area contributed by atoms with Crippen molar-refractivity contribution in [1.82, 2.24) is 0 Å². The Kier molecular flexibility index (Phi) is 6.92. The van der Waals surface area contributed by atoms with Gasteiger partial charge in [0, 0.05) is 5.74 Å². The van der Waals surface area contributed by atoms with Crippen molar-refractivity contribution >= 4 is 18.9 Å². The Morgan fingerprint density at radius 2 is 1.29 bits per heavy atom. The summed E-state index contributed by atoms with van der Waals surface area (Å²) in [5, 5.41) is 1.64. The number of benzene rings is 1. The first-order valence-electron chi connectivity index (χ1n) is 6.80. The molecule has 0 bridgehead atoms. The quantitative estimate of drug-likeness (QED) is 0.678. The van der Waals surface area contributed by atoms with Gasteiger partial charge in [-0.3, -0.25) is 0 Å². The van der Waals surface area contributed by atoms with Crippen LogP contribution in [0.3, 0.4) is 0 Å². The molecule has 0 amide bonds. The summed E-state index contributed by atoms with van der Waals surface area (Å²) in [5.41, 5.74) is -0.161. The Hall–Kier alpha value is 0.0992. The largest absolute Gasteiger partial charge is 1.00 e. The van der Waals surface area contributed by atoms with Gasteiger partial charge in [0.15, 0.2) is 0 Å². The molecule has 0 saturated heterocycles. The molecule has 3 heteroatoms. The molecule has 0 nitrogen and oxygen atoms in total. The van der Waals surface area contributed by atoms with Crippen LogP contribution in [0.5, 0.6) is 0 Å². The maximum atomic E-state index is 2.57. The molecule has 1 rings (SSSR count). The van der Waals surface area contributed by atoms with Crippen LogP contribution in [0.2, 0.25) is 32.1 Å². The molecule has 0 heterocycles. The third-order valence-corrected chi connectivity index (χ3v) is 11.5. The zero-order chi connectivity index (χ0) is 12.2. The van der Waals surface area contributed by atoms with Gasteiger partial charge in [0.2, 0.25) is 0 Å². The molecule has 0 radical (unpaired) electrons. The van der Waals surface area contributed by atoms with Gasteiger partial charge in [-0.15, -0.1) is 0 Å². The molecule has 1 aromatic carbocycles. The summed E-state index contributed by atoms with van der Waals surface area (Å²) >= 11 is 0. The van der Waals surface area contributed by atoms with Gasteiger partial charge in [-0.25, -0.2) is 0 Å². The molecule has 0 aromatic heterocycles. The molecule has 0 saturated carbocycles. The van der Waals surface area contributed by atoms with Gasteiger partial charge in [-0.05, 0) is 0 Å². The van der Waals surface area contributed by atoms with Gasteiger partial charge in [-0.2, -0.15) is 19.0 Å². The van der Waals surface area contributed by atoms with E-state index in [1.165, 1.54) is 19.0 Å². The average molecular weight is 240 g/mol. The van der Waals surface area contributed by atoms with Crippen molar-refractivity contribution in [2.45, 2.75) is 52.8 Å². The molecule has 0 unspecified atom stereocenters. The number of hydrogen-bond donors (Lipinski definition) is 0. The van der Waals surface area contributed by atoms with E-state index in [-0.39, 0.29) is 24.6 Å². The van der Waals surface area contributed by atoms with Crippen LogP contribution in [0.25, 0.3) is 0 Å². The fourth-order valence-electron chi connectivity index (χ4n) is 3.62. The summed E-state index contributed by atoms with van der Waals surface area (Å²) in [6.07, 6.45) is 4.13. The van der Waals surface area contributed by atoms with Crippen molar-refractivity contribution in [2.75, 3.05) is 0 Å². The maximum Gasteiger partial charge on any atom is 1.00 e. The first-order chi connectivity index (χ1) is 7.54. The smallest absolute Gasteiger partial charge is 0.182 e. The molecule has 0 atom stereocenters. The van der Waals surface area contributed by atoms with Gasteiger partial charge in [0.25, 0.3) is 0 Å². The van der Waals surface area contributed by atoms with Crippen molar-refractivity contribution < 1.29 is 18.9 Å². The fraction of sp³-hybridized carbons (Fsp3) is 0.571. The normalized spacial score (nSPS) is 12.1. The van der Waals surface area contributed by atoms with E-state index in [0.717, 1.165) is 0 Å². The Labute approximate surface area is 121 Å². The van der Waals surface area contributed by atoms with E-state index in [9.17, 15) is 0 Å². The summed E-state index contributed by atoms with van der Waals surface area (Å²) < 4.78 is 0. The average Bonchev–Trinajstić information content (AvgIpc) is 2.33. The second kappa shape index (κ2) is 6.88. The SMILES string of the molecule is CC[B-](CC)(CC)[Si](C)(C)c1ccccc1.[Li+]. The standard InChI is InChI=1S/C14H26BSi.Li/c1-6-15(7-2,8-3)16(4,5)14-12-10-9-11-13-14;/h9-13H,6-8H2,1-5H3;/q-1;+1. The Morgan fingerprint density at radius 3 is 1.65 bits per heavy atom. The molecule has 0 fully saturated rings. The minimum absolute atomic E-state index is 0. The van der Waals surface area contributed by atoms with Gasteiger partial charge < -0.3 is 0 Å². The summed E-state index contributed by atoms with van der Waals surface area (Å²) in [7, 11) is -1.30. The predicted octanol–water partition coefficient (Wildman–Crippen LogP) is 1.19. The zero-order valence-corrected chi connectivity index (χ0v) is 13.6. The van der Waals surface area contributed by atoms with Crippen molar-refractivity contribution in [1.29, 1.82) is 0 Å². The Morgan fingerprint density at radius 1 is 0.882 bits per heavy atom. The molecular formula is C14H26BLiSi.